The van der Waals surface area contributed by atoms with Crippen LogP contribution in [0.2, 0.25) is 0 Å². The van der Waals surface area contributed by atoms with Crippen LogP contribution in [0, 0.1) is 11.7 Å². The third kappa shape index (κ3) is 5.37. The first-order valence-corrected chi connectivity index (χ1v) is 13.7. The van der Waals surface area contributed by atoms with Gasteiger partial charge in [0.05, 0.1) is 28.8 Å². The van der Waals surface area contributed by atoms with Crippen molar-refractivity contribution in [2.24, 2.45) is 5.92 Å². The average molecular weight is 502 g/mol. The van der Waals surface area contributed by atoms with E-state index < -0.39 is 9.84 Å². The molecule has 2 aromatic carbocycles. The van der Waals surface area contributed by atoms with Crippen molar-refractivity contribution < 1.29 is 17.6 Å². The Balaban J connectivity index is 1.41. The predicted molar refractivity (Wildman–Crippen MR) is 132 cm³/mol. The molecule has 180 valence electrons. The van der Waals surface area contributed by atoms with Crippen molar-refractivity contribution in [3.8, 4) is 0 Å². The van der Waals surface area contributed by atoms with Crippen LogP contribution in [0.1, 0.15) is 48.5 Å². The van der Waals surface area contributed by atoms with Crippen molar-refractivity contribution in [1.82, 2.24) is 9.88 Å². The molecule has 0 unspecified atom stereocenters. The Hall–Kier alpha value is -2.62. The lowest BCUT2D eigenvalue weighted by molar-refractivity contribution is -0.115. The van der Waals surface area contributed by atoms with E-state index >= 15 is 0 Å². The molecular weight excluding hydrogens is 473 g/mol. The second-order valence-corrected chi connectivity index (χ2v) is 12.2. The second-order valence-electron chi connectivity index (χ2n) is 8.82. The first kappa shape index (κ1) is 24.5. The minimum Gasteiger partial charge on any atom is -0.302 e. The number of nitrogens with zero attached hydrogens (tertiary/aromatic N) is 2. The maximum absolute atomic E-state index is 13.3. The minimum absolute atomic E-state index is 0.0419. The Bertz CT molecular complexity index is 1270. The number of halogens is 1. The fraction of sp³-hybridized carbons (Fsp3) is 0.360. The first-order valence-electron chi connectivity index (χ1n) is 11.3. The molecule has 34 heavy (non-hydrogen) atoms. The van der Waals surface area contributed by atoms with Gasteiger partial charge in [-0.05, 0) is 41.3 Å². The van der Waals surface area contributed by atoms with Crippen LogP contribution in [-0.2, 0) is 34.1 Å². The minimum atomic E-state index is -3.26. The Morgan fingerprint density at radius 1 is 1.15 bits per heavy atom. The van der Waals surface area contributed by atoms with Gasteiger partial charge in [0.1, 0.15) is 5.82 Å². The lowest BCUT2D eigenvalue weighted by atomic mass is 10.0. The van der Waals surface area contributed by atoms with Gasteiger partial charge in [-0.1, -0.05) is 45.0 Å². The highest BCUT2D eigenvalue weighted by Crippen LogP contribution is 2.43. The highest BCUT2D eigenvalue weighted by Gasteiger charge is 2.36. The lowest BCUT2D eigenvalue weighted by Crippen LogP contribution is -2.26. The van der Waals surface area contributed by atoms with E-state index in [4.69, 9.17) is 4.98 Å². The number of fused-ring (bicyclic) bond motifs is 1. The van der Waals surface area contributed by atoms with Gasteiger partial charge in [0, 0.05) is 18.0 Å². The van der Waals surface area contributed by atoms with E-state index in [2.05, 4.69) is 24.1 Å². The van der Waals surface area contributed by atoms with Crippen molar-refractivity contribution in [3.05, 3.63) is 76.0 Å². The Morgan fingerprint density at radius 2 is 1.79 bits per heavy atom. The fourth-order valence-corrected chi connectivity index (χ4v) is 6.19. The van der Waals surface area contributed by atoms with Gasteiger partial charge in [0.2, 0.25) is 5.91 Å². The number of anilines is 1. The molecule has 0 bridgehead atoms. The predicted octanol–water partition coefficient (Wildman–Crippen LogP) is 4.97. The molecule has 0 saturated heterocycles. The summed E-state index contributed by atoms with van der Waals surface area (Å²) in [7, 11) is -3.26. The molecule has 6 nitrogen and oxygen atoms in total. The molecular formula is C25H28FN3O3S2. The van der Waals surface area contributed by atoms with E-state index in [-0.39, 0.29) is 34.8 Å². The van der Waals surface area contributed by atoms with E-state index in [0.29, 0.717) is 17.6 Å². The summed E-state index contributed by atoms with van der Waals surface area (Å²) in [5.74, 6) is -0.0676. The van der Waals surface area contributed by atoms with Crippen molar-refractivity contribution in [3.63, 3.8) is 0 Å². The molecule has 1 aliphatic heterocycles. The van der Waals surface area contributed by atoms with Gasteiger partial charge in [-0.2, -0.15) is 0 Å². The third-order valence-corrected chi connectivity index (χ3v) is 8.67. The summed E-state index contributed by atoms with van der Waals surface area (Å²) in [6, 6.07) is 13.1. The van der Waals surface area contributed by atoms with Gasteiger partial charge in [0.15, 0.2) is 15.0 Å². The third-order valence-electron chi connectivity index (χ3n) is 5.95. The van der Waals surface area contributed by atoms with Gasteiger partial charge < -0.3 is 5.32 Å². The number of sulfone groups is 1. The Kier molecular flexibility index (Phi) is 7.16. The molecule has 3 aromatic rings. The number of carbonyl (C=O) groups excluding carboxylic acids is 1. The normalized spacial score (nSPS) is 16.1. The highest BCUT2D eigenvalue weighted by molar-refractivity contribution is 7.91. The van der Waals surface area contributed by atoms with Crippen molar-refractivity contribution >= 4 is 32.2 Å². The molecule has 1 amide bonds. The van der Waals surface area contributed by atoms with Gasteiger partial charge in [-0.25, -0.2) is 17.8 Å². The highest BCUT2D eigenvalue weighted by atomic mass is 32.2. The van der Waals surface area contributed by atoms with E-state index in [0.717, 1.165) is 28.2 Å². The molecule has 0 aliphatic carbocycles. The molecule has 1 aromatic heterocycles. The Labute approximate surface area is 203 Å². The quantitative estimate of drug-likeness (QED) is 0.471. The van der Waals surface area contributed by atoms with Gasteiger partial charge >= 0.3 is 0 Å². The molecule has 0 saturated carbocycles. The monoisotopic (exact) mass is 501 g/mol. The maximum Gasteiger partial charge on any atom is 0.230 e. The summed E-state index contributed by atoms with van der Waals surface area (Å²) in [6.07, 6.45) is 0.140. The Morgan fingerprint density at radius 3 is 2.41 bits per heavy atom. The van der Waals surface area contributed by atoms with E-state index in [9.17, 15) is 17.6 Å². The zero-order valence-electron chi connectivity index (χ0n) is 19.4. The molecule has 1 atom stereocenters. The van der Waals surface area contributed by atoms with Gasteiger partial charge in [-0.3, -0.25) is 9.69 Å². The molecule has 0 radical (unpaired) electrons. The maximum atomic E-state index is 13.3. The van der Waals surface area contributed by atoms with Crippen LogP contribution in [0.4, 0.5) is 9.52 Å². The largest absolute Gasteiger partial charge is 0.302 e. The first-order chi connectivity index (χ1) is 16.2. The second kappa shape index (κ2) is 9.93. The summed E-state index contributed by atoms with van der Waals surface area (Å²) in [6.45, 7) is 7.34. The van der Waals surface area contributed by atoms with Crippen LogP contribution in [-0.4, -0.2) is 30.0 Å². The number of amides is 1. The molecule has 1 aliphatic rings. The van der Waals surface area contributed by atoms with Crippen LogP contribution >= 0.6 is 11.3 Å². The van der Waals surface area contributed by atoms with Crippen LogP contribution in [0.5, 0.6) is 0 Å². The topological polar surface area (TPSA) is 79.4 Å². The van der Waals surface area contributed by atoms with Crippen molar-refractivity contribution in [2.45, 2.75) is 51.2 Å². The average Bonchev–Trinajstić information content (AvgIpc) is 3.31. The molecule has 9 heteroatoms. The number of thiazole rings is 1. The van der Waals surface area contributed by atoms with E-state index in [1.165, 1.54) is 23.5 Å². The van der Waals surface area contributed by atoms with Crippen LogP contribution in [0.3, 0.4) is 0 Å². The number of benzene rings is 2. The SMILES string of the molecule is CCS(=O)(=O)c1ccc(CC(=O)Nc2nc3c(s2)CN(Cc2ccc(F)cc2)[C@@H]3C(C)C)cc1. The van der Waals surface area contributed by atoms with Crippen LogP contribution in [0.15, 0.2) is 53.4 Å². The molecule has 4 rings (SSSR count). The number of aromatic nitrogens is 1. The fourth-order valence-electron chi connectivity index (χ4n) is 4.26. The summed E-state index contributed by atoms with van der Waals surface area (Å²) < 4.78 is 37.2. The molecule has 2 heterocycles. The van der Waals surface area contributed by atoms with Crippen LogP contribution < -0.4 is 5.32 Å². The van der Waals surface area contributed by atoms with Crippen LogP contribution in [0.25, 0.3) is 0 Å². The smallest absolute Gasteiger partial charge is 0.230 e. The van der Waals surface area contributed by atoms with Gasteiger partial charge in [0.25, 0.3) is 0 Å². The van der Waals surface area contributed by atoms with Crippen molar-refractivity contribution in [1.29, 1.82) is 0 Å². The van der Waals surface area contributed by atoms with E-state index in [1.807, 2.05) is 12.1 Å². The molecule has 0 fully saturated rings. The number of rotatable bonds is 8. The zero-order chi connectivity index (χ0) is 24.5. The summed E-state index contributed by atoms with van der Waals surface area (Å²) in [5, 5.41) is 3.47. The summed E-state index contributed by atoms with van der Waals surface area (Å²) in [5.41, 5.74) is 2.78. The number of nitrogens with one attached hydrogen (secondary N) is 1. The number of hydrogen-bond acceptors (Lipinski definition) is 6. The summed E-state index contributed by atoms with van der Waals surface area (Å²) in [4.78, 5) is 21.1. The van der Waals surface area contributed by atoms with E-state index in [1.54, 1.807) is 31.2 Å². The standard InChI is InChI=1S/C25H28FN3O3S2/c1-4-34(31,32)20-11-7-17(8-12-20)13-22(30)27-25-28-23-21(33-25)15-29(24(23)16(2)3)14-18-5-9-19(26)10-6-18/h5-12,16,24H,4,13-15H2,1-3H3,(H,27,28,30)/t24-/m1/s1. The lowest BCUT2D eigenvalue weighted by Gasteiger charge is -2.27. The molecule has 1 N–H and O–H groups in total. The number of hydrogen-bond donors (Lipinski definition) is 1. The zero-order valence-corrected chi connectivity index (χ0v) is 21.0. The van der Waals surface area contributed by atoms with Crippen molar-refractivity contribution in [2.75, 3.05) is 11.1 Å². The summed E-state index contributed by atoms with van der Waals surface area (Å²) >= 11 is 1.48. The van der Waals surface area contributed by atoms with Gasteiger partial charge in [-0.15, -0.1) is 11.3 Å². The molecule has 0 spiro atoms. The number of carbonyl (C=O) groups is 1.